The fourth-order valence-electron chi connectivity index (χ4n) is 4.88. The second-order valence-corrected chi connectivity index (χ2v) is 11.8. The summed E-state index contributed by atoms with van der Waals surface area (Å²) in [6.07, 6.45) is -0.446. The van der Waals surface area contributed by atoms with Crippen LogP contribution < -0.4 is 14.4 Å². The standard InChI is InChI=1S/C30H29FN2O9S/c1-17-23-12-24-26(13-25(23)33(43(3,37)38)14-22(40-17)16-39-27(35)15-34)42-29(28(24)30(36)32-2)18-4-8-20(9-5-18)41-21-10-6-19(31)7-11-21/h4-13,17,22,34H,14-16H2,1-3H3,(H,32,36)/t17-,22-/m0/s1. The lowest BCUT2D eigenvalue weighted by Crippen LogP contribution is -2.39. The third-order valence-electron chi connectivity index (χ3n) is 6.89. The number of ether oxygens (including phenoxy) is 3. The summed E-state index contributed by atoms with van der Waals surface area (Å²) in [5.41, 5.74) is 1.85. The molecule has 5 rings (SSSR count). The van der Waals surface area contributed by atoms with Crippen LogP contribution >= 0.6 is 0 Å². The van der Waals surface area contributed by atoms with Crippen LogP contribution in [0.5, 0.6) is 11.5 Å². The van der Waals surface area contributed by atoms with Crippen LogP contribution in [0.25, 0.3) is 22.3 Å². The van der Waals surface area contributed by atoms with Gasteiger partial charge in [0.05, 0.1) is 30.2 Å². The van der Waals surface area contributed by atoms with Gasteiger partial charge in [0.15, 0.2) is 0 Å². The first kappa shape index (κ1) is 30.0. The second-order valence-electron chi connectivity index (χ2n) is 9.91. The molecule has 43 heavy (non-hydrogen) atoms. The molecule has 3 aromatic carbocycles. The van der Waals surface area contributed by atoms with Crippen molar-refractivity contribution in [1.82, 2.24) is 5.32 Å². The summed E-state index contributed by atoms with van der Waals surface area (Å²) in [6, 6.07) is 15.6. The van der Waals surface area contributed by atoms with Gasteiger partial charge in [-0.05, 0) is 61.5 Å². The average Bonchev–Trinajstić information content (AvgIpc) is 3.29. The van der Waals surface area contributed by atoms with Crippen molar-refractivity contribution in [2.75, 3.05) is 37.4 Å². The summed E-state index contributed by atoms with van der Waals surface area (Å²) in [4.78, 5) is 24.7. The highest BCUT2D eigenvalue weighted by Crippen LogP contribution is 2.42. The fourth-order valence-corrected chi connectivity index (χ4v) is 5.84. The van der Waals surface area contributed by atoms with Crippen LogP contribution in [-0.4, -0.2) is 64.6 Å². The van der Waals surface area contributed by atoms with Gasteiger partial charge in [-0.25, -0.2) is 17.6 Å². The molecular formula is C30H29FN2O9S. The molecule has 1 amide bonds. The summed E-state index contributed by atoms with van der Waals surface area (Å²) in [5, 5.41) is 12.0. The molecule has 0 bridgehead atoms. The minimum atomic E-state index is -3.83. The molecule has 1 aromatic heterocycles. The third-order valence-corrected chi connectivity index (χ3v) is 8.04. The first-order chi connectivity index (χ1) is 20.5. The maximum atomic E-state index is 13.2. The highest BCUT2D eigenvalue weighted by Gasteiger charge is 2.34. The number of rotatable bonds is 8. The Kier molecular flexibility index (Phi) is 8.40. The summed E-state index contributed by atoms with van der Waals surface area (Å²) in [7, 11) is -2.34. The number of benzene rings is 3. The van der Waals surface area contributed by atoms with Crippen LogP contribution in [0.15, 0.2) is 65.1 Å². The van der Waals surface area contributed by atoms with E-state index in [9.17, 15) is 22.4 Å². The van der Waals surface area contributed by atoms with E-state index in [1.54, 1.807) is 43.3 Å². The molecule has 0 unspecified atom stereocenters. The first-order valence-electron chi connectivity index (χ1n) is 13.2. The lowest BCUT2D eigenvalue weighted by molar-refractivity contribution is -0.152. The number of hydrogen-bond acceptors (Lipinski definition) is 9. The quantitative estimate of drug-likeness (QED) is 0.280. The zero-order valence-corrected chi connectivity index (χ0v) is 24.3. The van der Waals surface area contributed by atoms with Crippen molar-refractivity contribution in [1.29, 1.82) is 0 Å². The van der Waals surface area contributed by atoms with Gasteiger partial charge in [0.1, 0.15) is 48.0 Å². The number of anilines is 1. The smallest absolute Gasteiger partial charge is 0.331 e. The Balaban J connectivity index is 1.56. The zero-order chi connectivity index (χ0) is 30.9. The molecule has 0 fully saturated rings. The summed E-state index contributed by atoms with van der Waals surface area (Å²) in [6.45, 7) is 0.473. The molecule has 2 heterocycles. The van der Waals surface area contributed by atoms with Gasteiger partial charge < -0.3 is 29.1 Å². The van der Waals surface area contributed by atoms with Crippen LogP contribution in [-0.2, 0) is 24.3 Å². The Hall–Kier alpha value is -4.46. The van der Waals surface area contributed by atoms with Crippen molar-refractivity contribution < 1.29 is 46.1 Å². The van der Waals surface area contributed by atoms with Crippen molar-refractivity contribution in [2.24, 2.45) is 0 Å². The van der Waals surface area contributed by atoms with Gasteiger partial charge in [-0.3, -0.25) is 9.10 Å². The van der Waals surface area contributed by atoms with Crippen LogP contribution in [0.4, 0.5) is 10.1 Å². The van der Waals surface area contributed by atoms with Gasteiger partial charge in [-0.2, -0.15) is 0 Å². The maximum absolute atomic E-state index is 13.2. The van der Waals surface area contributed by atoms with Gasteiger partial charge >= 0.3 is 5.97 Å². The highest BCUT2D eigenvalue weighted by molar-refractivity contribution is 7.92. The number of halogens is 1. The number of nitrogens with zero attached hydrogens (tertiary/aromatic N) is 1. The molecule has 0 saturated carbocycles. The molecule has 2 N–H and O–H groups in total. The van der Waals surface area contributed by atoms with Crippen LogP contribution in [0.2, 0.25) is 0 Å². The van der Waals surface area contributed by atoms with E-state index in [0.717, 1.165) is 10.6 Å². The number of fused-ring (bicyclic) bond motifs is 2. The molecule has 1 aliphatic heterocycles. The van der Waals surface area contributed by atoms with E-state index in [1.807, 2.05) is 0 Å². The zero-order valence-electron chi connectivity index (χ0n) is 23.5. The summed E-state index contributed by atoms with van der Waals surface area (Å²) >= 11 is 0. The number of amides is 1. The number of hydrogen-bond donors (Lipinski definition) is 2. The van der Waals surface area contributed by atoms with Crippen LogP contribution in [0.3, 0.4) is 0 Å². The Morgan fingerprint density at radius 3 is 2.35 bits per heavy atom. The number of esters is 1. The Bertz CT molecular complexity index is 1770. The minimum Gasteiger partial charge on any atom is -0.461 e. The highest BCUT2D eigenvalue weighted by atomic mass is 32.2. The fraction of sp³-hybridized carbons (Fsp3) is 0.267. The van der Waals surface area contributed by atoms with E-state index in [4.69, 9.17) is 23.7 Å². The number of nitrogens with one attached hydrogen (secondary N) is 1. The van der Waals surface area contributed by atoms with Gasteiger partial charge in [-0.1, -0.05) is 0 Å². The summed E-state index contributed by atoms with van der Waals surface area (Å²) in [5.74, 6) is -0.470. The maximum Gasteiger partial charge on any atom is 0.331 e. The number of sulfonamides is 1. The SMILES string of the molecule is CNC(=O)c1c(-c2ccc(Oc3ccc(F)cc3)cc2)oc2cc3c(cc12)[C@H](C)O[C@H](COC(=O)CO)CN3S(C)(=O)=O. The molecule has 0 aliphatic carbocycles. The molecule has 0 spiro atoms. The van der Waals surface area contributed by atoms with Crippen molar-refractivity contribution in [3.8, 4) is 22.8 Å². The molecule has 2 atom stereocenters. The number of carbonyl (C=O) groups is 2. The van der Waals surface area contributed by atoms with Crippen molar-refractivity contribution in [3.05, 3.63) is 77.6 Å². The molecule has 0 radical (unpaired) electrons. The third kappa shape index (κ3) is 6.33. The van der Waals surface area contributed by atoms with E-state index in [2.05, 4.69) is 5.32 Å². The predicted molar refractivity (Wildman–Crippen MR) is 155 cm³/mol. The number of furan rings is 1. The lowest BCUT2D eigenvalue weighted by Gasteiger charge is -2.24. The number of aliphatic hydroxyl groups excluding tert-OH is 1. The summed E-state index contributed by atoms with van der Waals surface area (Å²) < 4.78 is 63.2. The largest absolute Gasteiger partial charge is 0.461 e. The minimum absolute atomic E-state index is 0.161. The van der Waals surface area contributed by atoms with E-state index in [-0.39, 0.29) is 35.9 Å². The predicted octanol–water partition coefficient (Wildman–Crippen LogP) is 4.15. The van der Waals surface area contributed by atoms with E-state index in [0.29, 0.717) is 33.7 Å². The molecular weight excluding hydrogens is 583 g/mol. The van der Waals surface area contributed by atoms with Gasteiger partial charge in [-0.15, -0.1) is 0 Å². The van der Waals surface area contributed by atoms with Crippen molar-refractivity contribution in [3.63, 3.8) is 0 Å². The van der Waals surface area contributed by atoms with Gasteiger partial charge in [0.2, 0.25) is 10.0 Å². The number of carbonyl (C=O) groups excluding carboxylic acids is 2. The Labute approximate surface area is 246 Å². The normalized spacial score (nSPS) is 16.8. The van der Waals surface area contributed by atoms with Crippen LogP contribution in [0.1, 0.15) is 28.9 Å². The molecule has 4 aromatic rings. The van der Waals surface area contributed by atoms with E-state index in [1.165, 1.54) is 31.3 Å². The molecule has 0 saturated heterocycles. The molecule has 11 nitrogen and oxygen atoms in total. The van der Waals surface area contributed by atoms with E-state index >= 15 is 0 Å². The van der Waals surface area contributed by atoms with Crippen molar-refractivity contribution in [2.45, 2.75) is 19.1 Å². The molecule has 13 heteroatoms. The average molecular weight is 613 g/mol. The van der Waals surface area contributed by atoms with Crippen molar-refractivity contribution >= 4 is 38.6 Å². The Morgan fingerprint density at radius 1 is 1.09 bits per heavy atom. The molecule has 226 valence electrons. The van der Waals surface area contributed by atoms with E-state index < -0.39 is 40.7 Å². The number of aliphatic hydroxyl groups is 1. The lowest BCUT2D eigenvalue weighted by atomic mass is 10.0. The first-order valence-corrected chi connectivity index (χ1v) is 15.1. The second kappa shape index (κ2) is 12.0. The topological polar surface area (TPSA) is 145 Å². The monoisotopic (exact) mass is 612 g/mol. The van der Waals surface area contributed by atoms with Crippen LogP contribution in [0, 0.1) is 5.82 Å². The van der Waals surface area contributed by atoms with Gasteiger partial charge in [0.25, 0.3) is 5.91 Å². The molecule has 1 aliphatic rings. The van der Waals surface area contributed by atoms with Gasteiger partial charge in [0, 0.05) is 29.6 Å². The Morgan fingerprint density at radius 2 is 1.74 bits per heavy atom.